The Hall–Kier alpha value is -1.04. The Morgan fingerprint density at radius 2 is 2.32 bits per heavy atom. The van der Waals surface area contributed by atoms with E-state index in [2.05, 4.69) is 43.7 Å². The normalized spacial score (nSPS) is 15.2. The molecule has 1 fully saturated rings. The Bertz CT molecular complexity index is 811. The number of rotatable bonds is 4. The van der Waals surface area contributed by atoms with Crippen LogP contribution in [0.4, 0.5) is 5.69 Å². The molecule has 0 saturated heterocycles. The fraction of sp³-hybridized carbons (Fsp3) is 0.312. The largest absolute Gasteiger partial charge is 0.456 e. The SMILES string of the molecule is Clc1cc(NCc2cccs2)c2oc(C3CCC3)c(Br)c2n1. The number of aromatic nitrogens is 1. The highest BCUT2D eigenvalue weighted by atomic mass is 79.9. The second kappa shape index (κ2) is 5.87. The summed E-state index contributed by atoms with van der Waals surface area (Å²) in [7, 11) is 0. The summed E-state index contributed by atoms with van der Waals surface area (Å²) in [6.07, 6.45) is 3.64. The van der Waals surface area contributed by atoms with Gasteiger partial charge in [0, 0.05) is 23.4 Å². The third-order valence-corrected chi connectivity index (χ3v) is 5.92. The van der Waals surface area contributed by atoms with Crippen LogP contribution in [-0.2, 0) is 6.54 Å². The lowest BCUT2D eigenvalue weighted by molar-refractivity contribution is 0.354. The van der Waals surface area contributed by atoms with Crippen molar-refractivity contribution >= 4 is 55.7 Å². The van der Waals surface area contributed by atoms with Gasteiger partial charge in [0.1, 0.15) is 16.4 Å². The van der Waals surface area contributed by atoms with Gasteiger partial charge in [0.05, 0.1) is 10.2 Å². The summed E-state index contributed by atoms with van der Waals surface area (Å²) in [6, 6.07) is 5.99. The molecule has 0 bridgehead atoms. The van der Waals surface area contributed by atoms with Gasteiger partial charge in [-0.05, 0) is 40.2 Å². The van der Waals surface area contributed by atoms with Crippen LogP contribution in [0.2, 0.25) is 5.15 Å². The van der Waals surface area contributed by atoms with Gasteiger partial charge in [-0.3, -0.25) is 0 Å². The van der Waals surface area contributed by atoms with Crippen LogP contribution in [0.1, 0.15) is 35.8 Å². The lowest BCUT2D eigenvalue weighted by atomic mass is 9.84. The van der Waals surface area contributed by atoms with Crippen molar-refractivity contribution in [2.75, 3.05) is 5.32 Å². The minimum Gasteiger partial charge on any atom is -0.456 e. The van der Waals surface area contributed by atoms with Gasteiger partial charge in [-0.2, -0.15) is 0 Å². The summed E-state index contributed by atoms with van der Waals surface area (Å²) in [5.41, 5.74) is 2.49. The molecule has 1 saturated carbocycles. The standard InChI is InChI=1S/C16H14BrClN2OS/c17-13-14-16(21-15(13)9-3-1-4-9)11(7-12(18)20-14)19-8-10-5-2-6-22-10/h2,5-7,9H,1,3-4,8H2,(H,19,20). The molecule has 3 nitrogen and oxygen atoms in total. The quantitative estimate of drug-likeness (QED) is 0.534. The molecule has 0 unspecified atom stereocenters. The minimum atomic E-state index is 0.475. The van der Waals surface area contributed by atoms with Gasteiger partial charge in [-0.15, -0.1) is 11.3 Å². The second-order valence-electron chi connectivity index (χ2n) is 5.51. The number of hydrogen-bond donors (Lipinski definition) is 1. The van der Waals surface area contributed by atoms with E-state index in [1.54, 1.807) is 11.3 Å². The summed E-state index contributed by atoms with van der Waals surface area (Å²) in [6.45, 7) is 0.754. The molecular formula is C16H14BrClN2OS. The van der Waals surface area contributed by atoms with Crippen molar-refractivity contribution < 1.29 is 4.42 Å². The van der Waals surface area contributed by atoms with Gasteiger partial charge in [-0.1, -0.05) is 24.1 Å². The Kier molecular flexibility index (Phi) is 3.88. The van der Waals surface area contributed by atoms with E-state index in [1.165, 1.54) is 24.1 Å². The maximum atomic E-state index is 6.18. The van der Waals surface area contributed by atoms with Gasteiger partial charge < -0.3 is 9.73 Å². The molecular weight excluding hydrogens is 384 g/mol. The van der Waals surface area contributed by atoms with Crippen LogP contribution in [0.5, 0.6) is 0 Å². The van der Waals surface area contributed by atoms with E-state index in [9.17, 15) is 0 Å². The van der Waals surface area contributed by atoms with Crippen LogP contribution in [-0.4, -0.2) is 4.98 Å². The first-order valence-corrected chi connectivity index (χ1v) is 9.32. The van der Waals surface area contributed by atoms with Crippen LogP contribution >= 0.6 is 38.9 Å². The highest BCUT2D eigenvalue weighted by molar-refractivity contribution is 9.10. The van der Waals surface area contributed by atoms with E-state index in [-0.39, 0.29) is 0 Å². The number of nitrogens with one attached hydrogen (secondary N) is 1. The lowest BCUT2D eigenvalue weighted by Gasteiger charge is -2.23. The lowest BCUT2D eigenvalue weighted by Crippen LogP contribution is -2.07. The predicted octanol–water partition coefficient (Wildman–Crippen LogP) is 6.18. The maximum absolute atomic E-state index is 6.18. The number of nitrogens with zero attached hydrogens (tertiary/aromatic N) is 1. The van der Waals surface area contributed by atoms with Crippen molar-refractivity contribution in [3.63, 3.8) is 0 Å². The minimum absolute atomic E-state index is 0.475. The van der Waals surface area contributed by atoms with Crippen molar-refractivity contribution in [2.45, 2.75) is 31.7 Å². The fourth-order valence-corrected chi connectivity index (χ4v) is 4.20. The molecule has 114 valence electrons. The van der Waals surface area contributed by atoms with E-state index in [4.69, 9.17) is 16.0 Å². The summed E-state index contributed by atoms with van der Waals surface area (Å²) < 4.78 is 7.08. The highest BCUT2D eigenvalue weighted by Gasteiger charge is 2.28. The van der Waals surface area contributed by atoms with Crippen LogP contribution in [0.3, 0.4) is 0 Å². The molecule has 22 heavy (non-hydrogen) atoms. The molecule has 1 aliphatic carbocycles. The van der Waals surface area contributed by atoms with Crippen LogP contribution < -0.4 is 5.32 Å². The van der Waals surface area contributed by atoms with Crippen molar-refractivity contribution in [3.05, 3.63) is 43.8 Å². The fourth-order valence-electron chi connectivity index (χ4n) is 2.69. The van der Waals surface area contributed by atoms with Gasteiger partial charge in [0.2, 0.25) is 0 Å². The first-order chi connectivity index (χ1) is 10.7. The van der Waals surface area contributed by atoms with Gasteiger partial charge in [0.15, 0.2) is 5.58 Å². The van der Waals surface area contributed by atoms with E-state index in [0.717, 1.165) is 33.6 Å². The molecule has 3 aromatic rings. The van der Waals surface area contributed by atoms with Crippen molar-refractivity contribution in [2.24, 2.45) is 0 Å². The average Bonchev–Trinajstić information content (AvgIpc) is 3.05. The molecule has 0 atom stereocenters. The molecule has 0 spiro atoms. The Balaban J connectivity index is 1.73. The van der Waals surface area contributed by atoms with Crippen LogP contribution in [0, 0.1) is 0 Å². The summed E-state index contributed by atoms with van der Waals surface area (Å²) >= 11 is 11.6. The molecule has 3 heterocycles. The molecule has 1 aliphatic rings. The molecule has 3 aromatic heterocycles. The smallest absolute Gasteiger partial charge is 0.177 e. The third-order valence-electron chi connectivity index (χ3n) is 4.09. The Morgan fingerprint density at radius 1 is 1.45 bits per heavy atom. The molecule has 0 aliphatic heterocycles. The molecule has 6 heteroatoms. The van der Waals surface area contributed by atoms with Crippen molar-refractivity contribution in [1.82, 2.24) is 4.98 Å². The number of furan rings is 1. The van der Waals surface area contributed by atoms with Gasteiger partial charge in [0.25, 0.3) is 0 Å². The number of halogens is 2. The number of hydrogen-bond acceptors (Lipinski definition) is 4. The summed E-state index contributed by atoms with van der Waals surface area (Å²) in [4.78, 5) is 5.70. The Labute approximate surface area is 145 Å². The monoisotopic (exact) mass is 396 g/mol. The van der Waals surface area contributed by atoms with Gasteiger partial charge in [-0.25, -0.2) is 4.98 Å². The van der Waals surface area contributed by atoms with Crippen molar-refractivity contribution in [1.29, 1.82) is 0 Å². The van der Waals surface area contributed by atoms with E-state index >= 15 is 0 Å². The third kappa shape index (κ3) is 2.55. The average molecular weight is 398 g/mol. The Morgan fingerprint density at radius 3 is 3.00 bits per heavy atom. The zero-order valence-electron chi connectivity index (χ0n) is 11.7. The molecule has 4 rings (SSSR count). The predicted molar refractivity (Wildman–Crippen MR) is 95.0 cm³/mol. The first-order valence-electron chi connectivity index (χ1n) is 7.27. The van der Waals surface area contributed by atoms with E-state index < -0.39 is 0 Å². The molecule has 0 aromatic carbocycles. The highest BCUT2D eigenvalue weighted by Crippen LogP contribution is 2.45. The van der Waals surface area contributed by atoms with E-state index in [0.29, 0.717) is 11.1 Å². The topological polar surface area (TPSA) is 38.1 Å². The maximum Gasteiger partial charge on any atom is 0.177 e. The van der Waals surface area contributed by atoms with Crippen LogP contribution in [0.15, 0.2) is 32.5 Å². The zero-order chi connectivity index (χ0) is 15.1. The number of thiophene rings is 1. The first kappa shape index (κ1) is 14.5. The number of pyridine rings is 1. The number of anilines is 1. The van der Waals surface area contributed by atoms with Gasteiger partial charge >= 0.3 is 0 Å². The summed E-state index contributed by atoms with van der Waals surface area (Å²) in [5.74, 6) is 1.52. The molecule has 0 radical (unpaired) electrons. The van der Waals surface area contributed by atoms with E-state index in [1.807, 2.05) is 6.07 Å². The molecule has 0 amide bonds. The number of fused-ring (bicyclic) bond motifs is 1. The second-order valence-corrected chi connectivity index (χ2v) is 7.72. The van der Waals surface area contributed by atoms with Crippen molar-refractivity contribution in [3.8, 4) is 0 Å². The van der Waals surface area contributed by atoms with Crippen LogP contribution in [0.25, 0.3) is 11.1 Å². The zero-order valence-corrected chi connectivity index (χ0v) is 14.9. The summed E-state index contributed by atoms with van der Waals surface area (Å²) in [5, 5.41) is 5.97. The molecule has 1 N–H and O–H groups in total.